The lowest BCUT2D eigenvalue weighted by molar-refractivity contribution is -0.274. The molecule has 0 bridgehead atoms. The second-order valence-electron chi connectivity index (χ2n) is 10.6. The van der Waals surface area contributed by atoms with Crippen LogP contribution in [0.4, 0.5) is 24.9 Å². The summed E-state index contributed by atoms with van der Waals surface area (Å²) < 4.78 is 49.0. The first-order chi connectivity index (χ1) is 19.9. The molecule has 2 aliphatic rings. The first-order valence-electron chi connectivity index (χ1n) is 13.9. The number of hydrogen-bond donors (Lipinski definition) is 2. The van der Waals surface area contributed by atoms with Crippen LogP contribution in [0.5, 0.6) is 5.75 Å². The lowest BCUT2D eigenvalue weighted by Crippen LogP contribution is -2.54. The van der Waals surface area contributed by atoms with Gasteiger partial charge in [-0.2, -0.15) is 5.10 Å². The molecule has 1 saturated heterocycles. The number of nitrogens with zero attached hydrogens (tertiary/aromatic N) is 5. The van der Waals surface area contributed by atoms with Gasteiger partial charge in [-0.25, -0.2) is 14.6 Å². The molecule has 2 N–H and O–H groups in total. The van der Waals surface area contributed by atoms with Gasteiger partial charge < -0.3 is 24.7 Å². The van der Waals surface area contributed by atoms with Crippen LogP contribution in [0.3, 0.4) is 0 Å². The average Bonchev–Trinajstić information content (AvgIpc) is 3.67. The molecule has 1 saturated carbocycles. The number of rotatable bonds is 8. The van der Waals surface area contributed by atoms with E-state index in [4.69, 9.17) is 4.42 Å². The maximum absolute atomic E-state index is 12.5. The normalized spacial score (nSPS) is 21.5. The Hall–Kier alpha value is -4.06. The number of nitrogens with one attached hydrogen (secondary N) is 2. The summed E-state index contributed by atoms with van der Waals surface area (Å²) in [5.41, 5.74) is 2.80. The summed E-state index contributed by atoms with van der Waals surface area (Å²) in [5.74, 6) is 0.199. The zero-order chi connectivity index (χ0) is 28.2. The summed E-state index contributed by atoms with van der Waals surface area (Å²) in [5, 5.41) is 11.6. The minimum absolute atomic E-state index is 0.162. The Labute approximate surface area is 235 Å². The monoisotopic (exact) mass is 567 g/mol. The van der Waals surface area contributed by atoms with Crippen molar-refractivity contribution in [2.24, 2.45) is 0 Å². The molecule has 0 radical (unpaired) electrons. The molecule has 3 heterocycles. The van der Waals surface area contributed by atoms with Crippen molar-refractivity contribution in [2.75, 3.05) is 23.3 Å². The summed E-state index contributed by atoms with van der Waals surface area (Å²) in [6, 6.07) is 15.2. The molecule has 6 rings (SSSR count). The molecule has 4 aromatic rings. The standard InChI is InChI=1S/C29H32F3N7O2/c30-29(31,32)41-24-13-7-20(8-14-24)27-16-34-28(40-27)37-26-6-2-1-5-25(26)36-21-4-3-15-38(17-21)22-9-11-23(12-10-22)39-19-33-18-35-39/h7-14,16,18-19,21,25-26,36H,1-6,15,17H2,(H,34,37)/t21-,25?,26?/m0/s1. The number of ether oxygens (including phenoxy) is 1. The molecule has 1 aliphatic heterocycles. The maximum atomic E-state index is 12.5. The van der Waals surface area contributed by atoms with E-state index in [1.807, 2.05) is 0 Å². The Kier molecular flexibility index (Phi) is 7.82. The SMILES string of the molecule is FC(F)(F)Oc1ccc(-c2cnc(NC3CCCCC3N[C@H]3CCCN(c4ccc(-n5cncn5)cc4)C3)o2)cc1. The van der Waals surface area contributed by atoms with E-state index in [1.54, 1.807) is 17.2 Å². The van der Waals surface area contributed by atoms with Crippen molar-refractivity contribution in [1.29, 1.82) is 0 Å². The lowest BCUT2D eigenvalue weighted by Gasteiger charge is -2.40. The van der Waals surface area contributed by atoms with E-state index in [0.29, 0.717) is 23.4 Å². The van der Waals surface area contributed by atoms with Crippen molar-refractivity contribution in [3.05, 3.63) is 67.4 Å². The molecule has 2 aromatic carbocycles. The van der Waals surface area contributed by atoms with Crippen molar-refractivity contribution in [3.8, 4) is 22.8 Å². The van der Waals surface area contributed by atoms with Crippen LogP contribution in [0.2, 0.25) is 0 Å². The highest BCUT2D eigenvalue weighted by Crippen LogP contribution is 2.30. The maximum Gasteiger partial charge on any atom is 0.573 e. The molecular weight excluding hydrogens is 535 g/mol. The molecule has 2 fully saturated rings. The van der Waals surface area contributed by atoms with Crippen molar-refractivity contribution in [1.82, 2.24) is 25.1 Å². The lowest BCUT2D eigenvalue weighted by atomic mass is 9.89. The van der Waals surface area contributed by atoms with Gasteiger partial charge in [0.05, 0.1) is 11.9 Å². The van der Waals surface area contributed by atoms with Crippen molar-refractivity contribution < 1.29 is 22.3 Å². The summed E-state index contributed by atoms with van der Waals surface area (Å²) in [6.45, 7) is 1.96. The zero-order valence-corrected chi connectivity index (χ0v) is 22.4. The molecule has 0 spiro atoms. The molecule has 9 nitrogen and oxygen atoms in total. The third-order valence-corrected chi connectivity index (χ3v) is 7.72. The van der Waals surface area contributed by atoms with Gasteiger partial charge in [-0.05, 0) is 74.2 Å². The molecular formula is C29H32F3N7O2. The number of aromatic nitrogens is 4. The van der Waals surface area contributed by atoms with Crippen LogP contribution in [-0.4, -0.2) is 57.3 Å². The topological polar surface area (TPSA) is 93.3 Å². The Morgan fingerprint density at radius 3 is 2.39 bits per heavy atom. The highest BCUT2D eigenvalue weighted by molar-refractivity contribution is 5.58. The number of oxazole rings is 1. The van der Waals surface area contributed by atoms with Gasteiger partial charge in [-0.1, -0.05) is 12.8 Å². The number of alkyl halides is 3. The molecule has 12 heteroatoms. The van der Waals surface area contributed by atoms with Crippen molar-refractivity contribution in [2.45, 2.75) is 63.0 Å². The molecule has 1 aliphatic carbocycles. The summed E-state index contributed by atoms with van der Waals surface area (Å²) in [7, 11) is 0. The Bertz CT molecular complexity index is 1390. The van der Waals surface area contributed by atoms with Crippen LogP contribution in [0.1, 0.15) is 38.5 Å². The fourth-order valence-corrected chi connectivity index (χ4v) is 5.77. The minimum atomic E-state index is -4.73. The predicted octanol–water partition coefficient (Wildman–Crippen LogP) is 5.80. The smallest absolute Gasteiger partial charge is 0.424 e. The number of halogens is 3. The Morgan fingerprint density at radius 1 is 0.902 bits per heavy atom. The van der Waals surface area contributed by atoms with Gasteiger partial charge in [0.1, 0.15) is 18.4 Å². The third kappa shape index (κ3) is 6.82. The van der Waals surface area contributed by atoms with Crippen LogP contribution in [-0.2, 0) is 0 Å². The third-order valence-electron chi connectivity index (χ3n) is 7.72. The van der Waals surface area contributed by atoms with Crippen molar-refractivity contribution >= 4 is 11.7 Å². The van der Waals surface area contributed by atoms with Crippen LogP contribution < -0.4 is 20.3 Å². The first-order valence-corrected chi connectivity index (χ1v) is 13.9. The number of anilines is 2. The molecule has 216 valence electrons. The molecule has 0 amide bonds. The van der Waals surface area contributed by atoms with Crippen LogP contribution in [0, 0.1) is 0 Å². The molecule has 3 atom stereocenters. The summed E-state index contributed by atoms with van der Waals surface area (Å²) in [4.78, 5) is 10.8. The second kappa shape index (κ2) is 11.8. The fourth-order valence-electron chi connectivity index (χ4n) is 5.77. The summed E-state index contributed by atoms with van der Waals surface area (Å²) >= 11 is 0. The van der Waals surface area contributed by atoms with E-state index in [-0.39, 0.29) is 17.8 Å². The van der Waals surface area contributed by atoms with Crippen LogP contribution in [0.15, 0.2) is 71.8 Å². The molecule has 2 unspecified atom stereocenters. The van der Waals surface area contributed by atoms with E-state index in [0.717, 1.165) is 50.9 Å². The minimum Gasteiger partial charge on any atom is -0.424 e. The fraction of sp³-hybridized carbons (Fsp3) is 0.414. The number of hydrogen-bond acceptors (Lipinski definition) is 8. The zero-order valence-electron chi connectivity index (χ0n) is 22.4. The van der Waals surface area contributed by atoms with Gasteiger partial charge >= 0.3 is 6.36 Å². The van der Waals surface area contributed by atoms with Gasteiger partial charge in [-0.3, -0.25) is 0 Å². The van der Waals surface area contributed by atoms with Crippen molar-refractivity contribution in [3.63, 3.8) is 0 Å². The average molecular weight is 568 g/mol. The van der Waals surface area contributed by atoms with Gasteiger partial charge in [0, 0.05) is 42.5 Å². The first kappa shape index (κ1) is 27.1. The van der Waals surface area contributed by atoms with Gasteiger partial charge in [0.2, 0.25) is 0 Å². The van der Waals surface area contributed by atoms with Crippen LogP contribution >= 0.6 is 0 Å². The van der Waals surface area contributed by atoms with Gasteiger partial charge in [0.25, 0.3) is 6.01 Å². The predicted molar refractivity (Wildman–Crippen MR) is 148 cm³/mol. The van der Waals surface area contributed by atoms with E-state index in [2.05, 4.69) is 59.6 Å². The van der Waals surface area contributed by atoms with Gasteiger partial charge in [-0.15, -0.1) is 13.2 Å². The quantitative estimate of drug-likeness (QED) is 0.276. The van der Waals surface area contributed by atoms with Crippen LogP contribution in [0.25, 0.3) is 17.0 Å². The molecule has 41 heavy (non-hydrogen) atoms. The van der Waals surface area contributed by atoms with Gasteiger partial charge in [0.15, 0.2) is 5.76 Å². The van der Waals surface area contributed by atoms with E-state index >= 15 is 0 Å². The number of piperidine rings is 1. The Morgan fingerprint density at radius 2 is 1.66 bits per heavy atom. The Balaban J connectivity index is 1.06. The largest absolute Gasteiger partial charge is 0.573 e. The highest BCUT2D eigenvalue weighted by Gasteiger charge is 2.32. The number of benzene rings is 2. The van der Waals surface area contributed by atoms with E-state index in [1.165, 1.54) is 42.7 Å². The molecule has 2 aromatic heterocycles. The van der Waals surface area contributed by atoms with E-state index < -0.39 is 6.36 Å². The highest BCUT2D eigenvalue weighted by atomic mass is 19.4. The van der Waals surface area contributed by atoms with E-state index in [9.17, 15) is 13.2 Å². The summed E-state index contributed by atoms with van der Waals surface area (Å²) in [6.07, 6.45) is 6.67. The second-order valence-corrected chi connectivity index (χ2v) is 10.6.